The van der Waals surface area contributed by atoms with Crippen molar-refractivity contribution in [3.05, 3.63) is 88.3 Å². The molecule has 192 valence electrons. The predicted octanol–water partition coefficient (Wildman–Crippen LogP) is 4.60. The van der Waals surface area contributed by atoms with Crippen molar-refractivity contribution in [3.8, 4) is 10.6 Å². The van der Waals surface area contributed by atoms with Crippen molar-refractivity contribution >= 4 is 35.2 Å². The van der Waals surface area contributed by atoms with E-state index in [4.69, 9.17) is 0 Å². The molecule has 37 heavy (non-hydrogen) atoms. The first kappa shape index (κ1) is 27.3. The molecule has 0 aliphatic carbocycles. The highest BCUT2D eigenvalue weighted by Gasteiger charge is 2.11. The lowest BCUT2D eigenvalue weighted by Crippen LogP contribution is -2.26. The number of halogens is 2. The molecule has 0 atom stereocenters. The number of allylic oxidation sites excluding steroid dienone is 1. The summed E-state index contributed by atoms with van der Waals surface area (Å²) in [6.45, 7) is 3.74. The number of amides is 2. The van der Waals surface area contributed by atoms with Gasteiger partial charge in [0, 0.05) is 36.8 Å². The second-order valence-electron chi connectivity index (χ2n) is 7.85. The average molecular weight is 525 g/mol. The summed E-state index contributed by atoms with van der Waals surface area (Å²) < 4.78 is 26.6. The Bertz CT molecular complexity index is 1350. The molecule has 3 rings (SSSR count). The molecular weight excluding hydrogens is 498 g/mol. The van der Waals surface area contributed by atoms with Crippen LogP contribution in [0.2, 0.25) is 0 Å². The van der Waals surface area contributed by atoms with E-state index in [0.717, 1.165) is 17.8 Å². The lowest BCUT2D eigenvalue weighted by molar-refractivity contribution is -0.118. The zero-order valence-electron chi connectivity index (χ0n) is 20.5. The number of nitrogens with one attached hydrogen (secondary N) is 3. The zero-order valence-corrected chi connectivity index (χ0v) is 21.3. The molecule has 0 spiro atoms. The van der Waals surface area contributed by atoms with Crippen LogP contribution in [0, 0.1) is 11.6 Å². The molecule has 0 bridgehead atoms. The summed E-state index contributed by atoms with van der Waals surface area (Å²) in [5, 5.41) is 10.5. The largest absolute Gasteiger partial charge is 0.373 e. The summed E-state index contributed by atoms with van der Waals surface area (Å²) in [5.41, 5.74) is 2.28. The summed E-state index contributed by atoms with van der Waals surface area (Å²) in [6, 6.07) is 8.99. The Kier molecular flexibility index (Phi) is 9.73. The monoisotopic (exact) mass is 524 g/mol. The van der Waals surface area contributed by atoms with E-state index < -0.39 is 11.6 Å². The van der Waals surface area contributed by atoms with Crippen LogP contribution in [0.3, 0.4) is 0 Å². The Labute approximate surface area is 217 Å². The molecule has 2 heterocycles. The molecule has 3 aromatic rings. The third-order valence-corrected chi connectivity index (χ3v) is 5.93. The molecule has 0 saturated carbocycles. The number of carbonyl (C=O) groups excluding carboxylic acids is 2. The third-order valence-electron chi connectivity index (χ3n) is 5.03. The Morgan fingerprint density at radius 2 is 1.95 bits per heavy atom. The van der Waals surface area contributed by atoms with Crippen LogP contribution in [0.1, 0.15) is 26.0 Å². The van der Waals surface area contributed by atoms with Crippen LogP contribution < -0.4 is 16.0 Å². The molecule has 0 unspecified atom stereocenters. The molecule has 2 amide bonds. The predicted molar refractivity (Wildman–Crippen MR) is 141 cm³/mol. The van der Waals surface area contributed by atoms with E-state index in [2.05, 4.69) is 30.9 Å². The SMILES string of the molecule is CNC(/N=C/C(C)=C\CC(=O)Nc1csc(-c2ccc(F)c(F)c2)n1)=C(/C)C(=O)NCc1ccccn1. The summed E-state index contributed by atoms with van der Waals surface area (Å²) in [5.74, 6) is -1.76. The highest BCUT2D eigenvalue weighted by Crippen LogP contribution is 2.27. The molecule has 2 aromatic heterocycles. The Balaban J connectivity index is 1.54. The van der Waals surface area contributed by atoms with E-state index >= 15 is 0 Å². The standard InChI is InChI=1S/C26H26F2N6O2S/c1-16(13-31-24(29-3)17(2)25(36)32-14-19-6-4-5-11-30-19)7-10-23(35)33-22-15-37-26(34-22)18-8-9-20(27)21(28)12-18/h4-9,11-13,15,29H,10,14H2,1-3H3,(H,32,36)(H,33,35)/b16-7-,24-17+,31-13+. The summed E-state index contributed by atoms with van der Waals surface area (Å²) in [4.78, 5) is 37.5. The number of pyridine rings is 1. The van der Waals surface area contributed by atoms with Gasteiger partial charge in [0.2, 0.25) is 5.91 Å². The second kappa shape index (κ2) is 13.2. The van der Waals surface area contributed by atoms with E-state index in [1.54, 1.807) is 50.8 Å². The minimum absolute atomic E-state index is 0.0675. The van der Waals surface area contributed by atoms with Crippen LogP contribution in [-0.2, 0) is 16.1 Å². The fourth-order valence-corrected chi connectivity index (χ4v) is 3.77. The first-order valence-corrected chi connectivity index (χ1v) is 12.1. The van der Waals surface area contributed by atoms with E-state index in [-0.39, 0.29) is 18.2 Å². The molecule has 0 saturated heterocycles. The first-order valence-electron chi connectivity index (χ1n) is 11.2. The van der Waals surface area contributed by atoms with Gasteiger partial charge in [-0.2, -0.15) is 0 Å². The summed E-state index contributed by atoms with van der Waals surface area (Å²) >= 11 is 1.20. The van der Waals surface area contributed by atoms with Gasteiger partial charge >= 0.3 is 0 Å². The van der Waals surface area contributed by atoms with Crippen LogP contribution in [0.25, 0.3) is 10.6 Å². The Morgan fingerprint density at radius 3 is 2.65 bits per heavy atom. The van der Waals surface area contributed by atoms with Crippen molar-refractivity contribution < 1.29 is 18.4 Å². The molecule has 8 nitrogen and oxygen atoms in total. The van der Waals surface area contributed by atoms with Crippen LogP contribution in [0.5, 0.6) is 0 Å². The molecule has 3 N–H and O–H groups in total. The van der Waals surface area contributed by atoms with Gasteiger partial charge in [-0.25, -0.2) is 18.8 Å². The maximum atomic E-state index is 13.5. The van der Waals surface area contributed by atoms with Gasteiger partial charge in [0.25, 0.3) is 5.91 Å². The minimum atomic E-state index is -0.961. The van der Waals surface area contributed by atoms with Gasteiger partial charge in [0.05, 0.1) is 17.8 Å². The Morgan fingerprint density at radius 1 is 1.14 bits per heavy atom. The minimum Gasteiger partial charge on any atom is -0.373 e. The van der Waals surface area contributed by atoms with Crippen LogP contribution in [-0.4, -0.2) is 35.0 Å². The first-order chi connectivity index (χ1) is 17.8. The summed E-state index contributed by atoms with van der Waals surface area (Å²) in [7, 11) is 1.66. The molecule has 0 aliphatic heterocycles. The van der Waals surface area contributed by atoms with Gasteiger partial charge in [-0.1, -0.05) is 12.1 Å². The average Bonchev–Trinajstić information content (AvgIpc) is 3.36. The quantitative estimate of drug-likeness (QED) is 0.265. The molecule has 0 radical (unpaired) electrons. The number of benzene rings is 1. The van der Waals surface area contributed by atoms with Gasteiger partial charge in [-0.05, 0) is 49.8 Å². The maximum absolute atomic E-state index is 13.5. The van der Waals surface area contributed by atoms with Crippen molar-refractivity contribution in [1.82, 2.24) is 20.6 Å². The molecular formula is C26H26F2N6O2S. The Hall–Kier alpha value is -4.25. The number of thiazole rings is 1. The van der Waals surface area contributed by atoms with Crippen LogP contribution in [0.4, 0.5) is 14.6 Å². The molecule has 1 aromatic carbocycles. The van der Waals surface area contributed by atoms with Gasteiger partial charge in [-0.3, -0.25) is 14.6 Å². The number of rotatable bonds is 10. The number of aromatic nitrogens is 2. The number of hydrogen-bond acceptors (Lipinski definition) is 7. The van der Waals surface area contributed by atoms with Crippen LogP contribution >= 0.6 is 11.3 Å². The van der Waals surface area contributed by atoms with Crippen LogP contribution in [0.15, 0.2) is 76.0 Å². The smallest absolute Gasteiger partial charge is 0.250 e. The van der Waals surface area contributed by atoms with Gasteiger partial charge in [-0.15, -0.1) is 11.3 Å². The van der Waals surface area contributed by atoms with E-state index in [1.807, 2.05) is 12.1 Å². The van der Waals surface area contributed by atoms with E-state index in [9.17, 15) is 18.4 Å². The van der Waals surface area contributed by atoms with Crippen molar-refractivity contribution in [3.63, 3.8) is 0 Å². The number of nitrogens with zero attached hydrogens (tertiary/aromatic N) is 3. The molecule has 0 fully saturated rings. The van der Waals surface area contributed by atoms with Crippen molar-refractivity contribution in [2.24, 2.45) is 4.99 Å². The normalized spacial score (nSPS) is 12.3. The number of carbonyl (C=O) groups is 2. The second-order valence-corrected chi connectivity index (χ2v) is 8.71. The topological polar surface area (TPSA) is 108 Å². The highest BCUT2D eigenvalue weighted by molar-refractivity contribution is 7.13. The number of hydrogen-bond donors (Lipinski definition) is 3. The maximum Gasteiger partial charge on any atom is 0.250 e. The van der Waals surface area contributed by atoms with Crippen molar-refractivity contribution in [2.45, 2.75) is 26.8 Å². The summed E-state index contributed by atoms with van der Waals surface area (Å²) in [6.07, 6.45) is 4.97. The van der Waals surface area contributed by atoms with Crippen molar-refractivity contribution in [2.75, 3.05) is 12.4 Å². The molecule has 0 aliphatic rings. The lowest BCUT2D eigenvalue weighted by Gasteiger charge is -2.08. The van der Waals surface area contributed by atoms with Gasteiger partial charge in [0.1, 0.15) is 16.6 Å². The van der Waals surface area contributed by atoms with E-state index in [1.165, 1.54) is 17.4 Å². The zero-order chi connectivity index (χ0) is 26.8. The fourth-order valence-electron chi connectivity index (χ4n) is 3.02. The van der Waals surface area contributed by atoms with Gasteiger partial charge < -0.3 is 16.0 Å². The lowest BCUT2D eigenvalue weighted by atomic mass is 10.2. The number of aliphatic imine (C=N–C) groups is 1. The molecule has 11 heteroatoms. The van der Waals surface area contributed by atoms with E-state index in [0.29, 0.717) is 39.9 Å². The van der Waals surface area contributed by atoms with Crippen molar-refractivity contribution in [1.29, 1.82) is 0 Å². The third kappa shape index (κ3) is 8.14. The fraction of sp³-hybridized carbons (Fsp3) is 0.192. The van der Waals surface area contributed by atoms with Gasteiger partial charge in [0.15, 0.2) is 11.6 Å². The highest BCUT2D eigenvalue weighted by atomic mass is 32.1. The number of anilines is 1.